The summed E-state index contributed by atoms with van der Waals surface area (Å²) in [4.78, 5) is 14.7. The molecule has 1 heterocycles. The van der Waals surface area contributed by atoms with E-state index in [1.807, 2.05) is 27.7 Å². The van der Waals surface area contributed by atoms with Crippen molar-refractivity contribution in [1.82, 2.24) is 4.90 Å². The molecule has 4 unspecified atom stereocenters. The van der Waals surface area contributed by atoms with Crippen molar-refractivity contribution < 1.29 is 9.53 Å². The summed E-state index contributed by atoms with van der Waals surface area (Å²) in [6.45, 7) is 9.49. The molecule has 2 aliphatic rings. The van der Waals surface area contributed by atoms with E-state index in [2.05, 4.69) is 6.07 Å². The number of nitrogens with two attached hydrogens (primary N) is 1. The van der Waals surface area contributed by atoms with Gasteiger partial charge in [-0.3, -0.25) is 4.79 Å². The van der Waals surface area contributed by atoms with Gasteiger partial charge in [-0.05, 0) is 20.3 Å². The fraction of sp³-hybridized carbons (Fsp3) is 0.867. The molecule has 2 fully saturated rings. The molecule has 20 heavy (non-hydrogen) atoms. The lowest BCUT2D eigenvalue weighted by atomic mass is 9.47. The van der Waals surface area contributed by atoms with Crippen molar-refractivity contribution in [3.63, 3.8) is 0 Å². The van der Waals surface area contributed by atoms with Crippen molar-refractivity contribution in [3.8, 4) is 6.07 Å². The maximum atomic E-state index is 12.9. The first-order valence-electron chi connectivity index (χ1n) is 7.40. The molecule has 1 amide bonds. The Balaban J connectivity index is 2.21. The van der Waals surface area contributed by atoms with Gasteiger partial charge in [-0.2, -0.15) is 5.26 Å². The summed E-state index contributed by atoms with van der Waals surface area (Å²) in [5.74, 6) is -0.100. The maximum absolute atomic E-state index is 12.9. The lowest BCUT2D eigenvalue weighted by Gasteiger charge is -2.61. The van der Waals surface area contributed by atoms with Crippen LogP contribution >= 0.6 is 0 Å². The predicted molar refractivity (Wildman–Crippen MR) is 75.6 cm³/mol. The third kappa shape index (κ3) is 1.86. The highest BCUT2D eigenvalue weighted by molar-refractivity contribution is 5.89. The Morgan fingerprint density at radius 2 is 2.25 bits per heavy atom. The Labute approximate surface area is 121 Å². The van der Waals surface area contributed by atoms with Crippen molar-refractivity contribution >= 4 is 5.91 Å². The SMILES string of the molecule is CCN(CC(C)C#N)C(=O)C1(N)C2CCOC2C1(C)C. The van der Waals surface area contributed by atoms with Gasteiger partial charge in [-0.1, -0.05) is 13.8 Å². The van der Waals surface area contributed by atoms with Gasteiger partial charge in [0, 0.05) is 31.0 Å². The largest absolute Gasteiger partial charge is 0.377 e. The fourth-order valence-corrected chi connectivity index (χ4v) is 3.81. The Hall–Kier alpha value is -1.12. The molecule has 1 saturated heterocycles. The molecule has 1 saturated carbocycles. The third-order valence-electron chi connectivity index (χ3n) is 5.19. The smallest absolute Gasteiger partial charge is 0.243 e. The van der Waals surface area contributed by atoms with E-state index in [1.54, 1.807) is 4.90 Å². The highest BCUT2D eigenvalue weighted by atomic mass is 16.5. The monoisotopic (exact) mass is 279 g/mol. The van der Waals surface area contributed by atoms with Crippen LogP contribution in [0, 0.1) is 28.6 Å². The van der Waals surface area contributed by atoms with Gasteiger partial charge in [-0.25, -0.2) is 0 Å². The van der Waals surface area contributed by atoms with Crippen LogP contribution in [0.5, 0.6) is 0 Å². The second-order valence-electron chi connectivity index (χ2n) is 6.65. The highest BCUT2D eigenvalue weighted by Crippen LogP contribution is 2.58. The lowest BCUT2D eigenvalue weighted by molar-refractivity contribution is -0.184. The molecule has 1 aliphatic carbocycles. The van der Waals surface area contributed by atoms with Gasteiger partial charge in [-0.15, -0.1) is 0 Å². The van der Waals surface area contributed by atoms with Gasteiger partial charge in [0.25, 0.3) is 0 Å². The van der Waals surface area contributed by atoms with E-state index >= 15 is 0 Å². The number of rotatable bonds is 4. The van der Waals surface area contributed by atoms with Crippen molar-refractivity contribution in [2.45, 2.75) is 45.8 Å². The number of carbonyl (C=O) groups is 1. The molecule has 2 N–H and O–H groups in total. The number of nitrogens with zero attached hydrogens (tertiary/aromatic N) is 2. The fourth-order valence-electron chi connectivity index (χ4n) is 3.81. The van der Waals surface area contributed by atoms with Gasteiger partial charge in [0.05, 0.1) is 18.1 Å². The van der Waals surface area contributed by atoms with Crippen LogP contribution in [0.3, 0.4) is 0 Å². The predicted octanol–water partition coefficient (Wildman–Crippen LogP) is 1.14. The summed E-state index contributed by atoms with van der Waals surface area (Å²) in [6.07, 6.45) is 0.936. The Bertz CT molecular complexity index is 443. The van der Waals surface area contributed by atoms with Crippen molar-refractivity contribution in [1.29, 1.82) is 5.26 Å². The first kappa shape index (κ1) is 15.3. The van der Waals surface area contributed by atoms with Crippen LogP contribution in [0.1, 0.15) is 34.1 Å². The van der Waals surface area contributed by atoms with E-state index in [9.17, 15) is 4.79 Å². The molecule has 2 rings (SSSR count). The molecule has 0 bridgehead atoms. The molecule has 5 nitrogen and oxygen atoms in total. The highest BCUT2D eigenvalue weighted by Gasteiger charge is 2.71. The van der Waals surface area contributed by atoms with Crippen molar-refractivity contribution in [3.05, 3.63) is 0 Å². The zero-order valence-corrected chi connectivity index (χ0v) is 12.8. The molecule has 0 aromatic carbocycles. The number of hydrogen-bond acceptors (Lipinski definition) is 4. The van der Waals surface area contributed by atoms with Gasteiger partial charge in [0.15, 0.2) is 0 Å². The van der Waals surface area contributed by atoms with Crippen LogP contribution < -0.4 is 5.73 Å². The van der Waals surface area contributed by atoms with Crippen molar-refractivity contribution in [2.24, 2.45) is 23.0 Å². The second-order valence-corrected chi connectivity index (χ2v) is 6.65. The van der Waals surface area contributed by atoms with Crippen LogP contribution in [0.2, 0.25) is 0 Å². The topological polar surface area (TPSA) is 79.4 Å². The van der Waals surface area contributed by atoms with Crippen molar-refractivity contribution in [2.75, 3.05) is 19.7 Å². The molecule has 4 atom stereocenters. The van der Waals surface area contributed by atoms with E-state index in [0.29, 0.717) is 19.7 Å². The number of carbonyl (C=O) groups excluding carboxylic acids is 1. The molecular weight excluding hydrogens is 254 g/mol. The van der Waals surface area contributed by atoms with E-state index < -0.39 is 5.54 Å². The first-order chi connectivity index (χ1) is 9.30. The molecule has 112 valence electrons. The summed E-state index contributed by atoms with van der Waals surface area (Å²) in [6, 6.07) is 2.18. The van der Waals surface area contributed by atoms with Gasteiger partial charge in [0.2, 0.25) is 5.91 Å². The first-order valence-corrected chi connectivity index (χ1v) is 7.40. The average molecular weight is 279 g/mol. The third-order valence-corrected chi connectivity index (χ3v) is 5.19. The van der Waals surface area contributed by atoms with Gasteiger partial charge < -0.3 is 15.4 Å². The number of hydrogen-bond donors (Lipinski definition) is 1. The molecule has 1 aliphatic heterocycles. The molecule has 0 spiro atoms. The standard InChI is InChI=1S/C15H25N3O2/c1-5-18(9-10(2)8-16)13(19)15(17)11-6-7-20-12(11)14(15,3)4/h10-12H,5-7,9,17H2,1-4H3. The summed E-state index contributed by atoms with van der Waals surface area (Å²) >= 11 is 0. The number of ether oxygens (including phenoxy) is 1. The molecule has 0 aromatic rings. The minimum Gasteiger partial charge on any atom is -0.377 e. The summed E-state index contributed by atoms with van der Waals surface area (Å²) < 4.78 is 5.73. The Kier molecular flexibility index (Phi) is 3.83. The number of amides is 1. The average Bonchev–Trinajstić information content (AvgIpc) is 2.90. The van der Waals surface area contributed by atoms with Crippen LogP contribution in [0.4, 0.5) is 0 Å². The Morgan fingerprint density at radius 1 is 1.60 bits per heavy atom. The second kappa shape index (κ2) is 5.01. The van der Waals surface area contributed by atoms with Crippen LogP contribution in [0.15, 0.2) is 0 Å². The minimum absolute atomic E-state index is 0.0288. The van der Waals surface area contributed by atoms with E-state index in [4.69, 9.17) is 15.7 Å². The number of nitriles is 1. The summed E-state index contributed by atoms with van der Waals surface area (Å²) in [5, 5.41) is 8.95. The van der Waals surface area contributed by atoms with E-state index in [-0.39, 0.29) is 29.3 Å². The number of fused-ring (bicyclic) bond motifs is 1. The zero-order chi connectivity index (χ0) is 15.1. The van der Waals surface area contributed by atoms with Crippen LogP contribution in [0.25, 0.3) is 0 Å². The molecule has 0 radical (unpaired) electrons. The summed E-state index contributed by atoms with van der Waals surface area (Å²) in [7, 11) is 0. The molecule has 5 heteroatoms. The lowest BCUT2D eigenvalue weighted by Crippen LogP contribution is -2.80. The zero-order valence-electron chi connectivity index (χ0n) is 12.8. The Morgan fingerprint density at radius 3 is 2.80 bits per heavy atom. The van der Waals surface area contributed by atoms with E-state index in [1.165, 1.54) is 0 Å². The van der Waals surface area contributed by atoms with Crippen LogP contribution in [-0.2, 0) is 9.53 Å². The van der Waals surface area contributed by atoms with Gasteiger partial charge in [0.1, 0.15) is 5.54 Å². The minimum atomic E-state index is -0.862. The van der Waals surface area contributed by atoms with Gasteiger partial charge >= 0.3 is 0 Å². The van der Waals surface area contributed by atoms with Crippen LogP contribution in [-0.4, -0.2) is 42.1 Å². The maximum Gasteiger partial charge on any atom is 0.243 e. The summed E-state index contributed by atoms with van der Waals surface area (Å²) in [5.41, 5.74) is 5.33. The normalized spacial score (nSPS) is 35.6. The molecular formula is C15H25N3O2. The molecule has 0 aromatic heterocycles. The number of likely N-dealkylation sites (N-methyl/N-ethyl adjacent to an activating group) is 1. The van der Waals surface area contributed by atoms with E-state index in [0.717, 1.165) is 6.42 Å². The quantitative estimate of drug-likeness (QED) is 0.837.